The van der Waals surface area contributed by atoms with Crippen molar-refractivity contribution in [3.05, 3.63) is 58.1 Å². The molecule has 2 aromatic rings. The van der Waals surface area contributed by atoms with E-state index >= 15 is 0 Å². The second kappa shape index (κ2) is 5.83. The van der Waals surface area contributed by atoms with Gasteiger partial charge < -0.3 is 10.4 Å². The van der Waals surface area contributed by atoms with Gasteiger partial charge in [0, 0.05) is 10.7 Å². The van der Waals surface area contributed by atoms with E-state index in [9.17, 15) is 10.4 Å². The first-order valence-electron chi connectivity index (χ1n) is 5.50. The molecule has 19 heavy (non-hydrogen) atoms. The summed E-state index contributed by atoms with van der Waals surface area (Å²) in [6, 6.07) is 13.3. The Hall–Kier alpha value is -1.89. The molecule has 3 nitrogen and oxygen atoms in total. The number of hydrogen-bond donors (Lipinski definition) is 2. The number of hydrogen-bond acceptors (Lipinski definition) is 3. The third-order valence-corrected chi connectivity index (χ3v) is 3.11. The Morgan fingerprint density at radius 3 is 2.58 bits per heavy atom. The van der Waals surface area contributed by atoms with Crippen LogP contribution in [0.4, 0.5) is 5.69 Å². The van der Waals surface area contributed by atoms with Crippen LogP contribution in [0, 0.1) is 11.3 Å². The van der Waals surface area contributed by atoms with Crippen LogP contribution < -0.4 is 5.32 Å². The van der Waals surface area contributed by atoms with Gasteiger partial charge in [-0.25, -0.2) is 0 Å². The topological polar surface area (TPSA) is 56.0 Å². The maximum atomic E-state index is 9.37. The zero-order valence-corrected chi connectivity index (χ0v) is 11.3. The fourth-order valence-corrected chi connectivity index (χ4v) is 2.02. The highest BCUT2D eigenvalue weighted by Gasteiger charge is 2.12. The molecule has 2 aromatic carbocycles. The van der Waals surface area contributed by atoms with Crippen molar-refractivity contribution >= 4 is 28.9 Å². The molecule has 1 unspecified atom stereocenters. The van der Waals surface area contributed by atoms with Crippen molar-refractivity contribution in [2.45, 2.75) is 6.04 Å². The van der Waals surface area contributed by atoms with Crippen molar-refractivity contribution in [2.75, 3.05) is 5.32 Å². The minimum atomic E-state index is -0.573. The molecule has 0 aromatic heterocycles. The second-order valence-corrected chi connectivity index (χ2v) is 4.77. The number of rotatable bonds is 3. The SMILES string of the molecule is N#CC(Nc1cccc(Cl)c1)c1ccc(O)c(Cl)c1. The molecule has 0 amide bonds. The van der Waals surface area contributed by atoms with E-state index in [1.807, 2.05) is 6.07 Å². The van der Waals surface area contributed by atoms with Gasteiger partial charge in [0.1, 0.15) is 11.8 Å². The van der Waals surface area contributed by atoms with Gasteiger partial charge in [0.05, 0.1) is 11.1 Å². The summed E-state index contributed by atoms with van der Waals surface area (Å²) in [6.45, 7) is 0. The first kappa shape index (κ1) is 13.5. The predicted molar refractivity (Wildman–Crippen MR) is 76.5 cm³/mol. The molecule has 0 aliphatic rings. The summed E-state index contributed by atoms with van der Waals surface area (Å²) in [6.07, 6.45) is 0. The third-order valence-electron chi connectivity index (χ3n) is 2.57. The Kier molecular flexibility index (Phi) is 4.16. The molecule has 0 saturated heterocycles. The van der Waals surface area contributed by atoms with Crippen LogP contribution in [0.2, 0.25) is 10.0 Å². The van der Waals surface area contributed by atoms with Gasteiger partial charge in [0.15, 0.2) is 0 Å². The van der Waals surface area contributed by atoms with Gasteiger partial charge in [-0.15, -0.1) is 0 Å². The van der Waals surface area contributed by atoms with Crippen LogP contribution >= 0.6 is 23.2 Å². The van der Waals surface area contributed by atoms with Crippen LogP contribution in [-0.4, -0.2) is 5.11 Å². The smallest absolute Gasteiger partial charge is 0.140 e. The van der Waals surface area contributed by atoms with E-state index in [-0.39, 0.29) is 10.8 Å². The number of anilines is 1. The summed E-state index contributed by atoms with van der Waals surface area (Å²) < 4.78 is 0. The molecule has 0 aliphatic heterocycles. The number of phenols is 1. The zero-order chi connectivity index (χ0) is 13.8. The van der Waals surface area contributed by atoms with Crippen molar-refractivity contribution in [2.24, 2.45) is 0 Å². The number of benzene rings is 2. The zero-order valence-electron chi connectivity index (χ0n) is 9.77. The highest BCUT2D eigenvalue weighted by molar-refractivity contribution is 6.32. The Morgan fingerprint density at radius 1 is 1.16 bits per heavy atom. The van der Waals surface area contributed by atoms with Crippen molar-refractivity contribution < 1.29 is 5.11 Å². The highest BCUT2D eigenvalue weighted by Crippen LogP contribution is 2.28. The van der Waals surface area contributed by atoms with E-state index in [1.54, 1.807) is 30.3 Å². The Morgan fingerprint density at radius 2 is 1.95 bits per heavy atom. The van der Waals surface area contributed by atoms with Crippen molar-refractivity contribution in [3.63, 3.8) is 0 Å². The maximum Gasteiger partial charge on any atom is 0.140 e. The second-order valence-electron chi connectivity index (χ2n) is 3.93. The van der Waals surface area contributed by atoms with E-state index in [1.165, 1.54) is 6.07 Å². The van der Waals surface area contributed by atoms with Gasteiger partial charge in [-0.2, -0.15) is 5.26 Å². The minimum absolute atomic E-state index is 0.00939. The molecule has 0 saturated carbocycles. The summed E-state index contributed by atoms with van der Waals surface area (Å²) >= 11 is 11.7. The summed E-state index contributed by atoms with van der Waals surface area (Å²) in [7, 11) is 0. The molecule has 0 heterocycles. The fraction of sp³-hybridized carbons (Fsp3) is 0.0714. The fourth-order valence-electron chi connectivity index (χ4n) is 1.64. The van der Waals surface area contributed by atoms with Gasteiger partial charge in [-0.3, -0.25) is 0 Å². The van der Waals surface area contributed by atoms with Crippen LogP contribution in [0.3, 0.4) is 0 Å². The Balaban J connectivity index is 2.25. The van der Waals surface area contributed by atoms with E-state index < -0.39 is 6.04 Å². The molecule has 2 rings (SSSR count). The van der Waals surface area contributed by atoms with Crippen LogP contribution in [-0.2, 0) is 0 Å². The molecule has 0 aliphatic carbocycles. The molecule has 1 atom stereocenters. The molecule has 0 spiro atoms. The first-order valence-corrected chi connectivity index (χ1v) is 6.26. The van der Waals surface area contributed by atoms with Gasteiger partial charge in [0.25, 0.3) is 0 Å². The van der Waals surface area contributed by atoms with Gasteiger partial charge >= 0.3 is 0 Å². The molecular weight excluding hydrogens is 283 g/mol. The summed E-state index contributed by atoms with van der Waals surface area (Å²) in [5, 5.41) is 22.4. The van der Waals surface area contributed by atoms with Crippen LogP contribution in [0.1, 0.15) is 11.6 Å². The highest BCUT2D eigenvalue weighted by atomic mass is 35.5. The summed E-state index contributed by atoms with van der Waals surface area (Å²) in [5.41, 5.74) is 1.41. The monoisotopic (exact) mass is 292 g/mol. The normalized spacial score (nSPS) is 11.6. The first-order chi connectivity index (χ1) is 9.10. The van der Waals surface area contributed by atoms with Crippen LogP contribution in [0.15, 0.2) is 42.5 Å². The predicted octanol–water partition coefficient (Wildman–Crippen LogP) is 4.38. The molecule has 0 fully saturated rings. The largest absolute Gasteiger partial charge is 0.506 e. The lowest BCUT2D eigenvalue weighted by molar-refractivity contribution is 0.475. The minimum Gasteiger partial charge on any atom is -0.506 e. The lowest BCUT2D eigenvalue weighted by Gasteiger charge is -2.14. The quantitative estimate of drug-likeness (QED) is 0.883. The van der Waals surface area contributed by atoms with E-state index in [4.69, 9.17) is 23.2 Å². The van der Waals surface area contributed by atoms with Crippen molar-refractivity contribution in [3.8, 4) is 11.8 Å². The number of nitrogens with zero attached hydrogens (tertiary/aromatic N) is 1. The van der Waals surface area contributed by atoms with E-state index in [0.29, 0.717) is 10.6 Å². The molecule has 5 heteroatoms. The number of nitriles is 1. The number of halogens is 2. The summed E-state index contributed by atoms with van der Waals surface area (Å²) in [4.78, 5) is 0. The third kappa shape index (κ3) is 3.31. The Labute approximate surface area is 121 Å². The van der Waals surface area contributed by atoms with Crippen molar-refractivity contribution in [1.29, 1.82) is 5.26 Å². The van der Waals surface area contributed by atoms with Gasteiger partial charge in [-0.05, 0) is 35.9 Å². The lowest BCUT2D eigenvalue weighted by atomic mass is 10.1. The number of nitrogens with one attached hydrogen (secondary N) is 1. The average molecular weight is 293 g/mol. The van der Waals surface area contributed by atoms with Gasteiger partial charge in [0.2, 0.25) is 0 Å². The van der Waals surface area contributed by atoms with Crippen LogP contribution in [0.25, 0.3) is 0 Å². The molecule has 2 N–H and O–H groups in total. The van der Waals surface area contributed by atoms with Crippen molar-refractivity contribution in [1.82, 2.24) is 0 Å². The molecule has 96 valence electrons. The maximum absolute atomic E-state index is 9.37. The average Bonchev–Trinajstić information content (AvgIpc) is 2.39. The van der Waals surface area contributed by atoms with E-state index in [0.717, 1.165) is 5.69 Å². The van der Waals surface area contributed by atoms with Gasteiger partial charge in [-0.1, -0.05) is 35.3 Å². The summed E-state index contributed by atoms with van der Waals surface area (Å²) in [5.74, 6) is -0.00939. The molecular formula is C14H10Cl2N2O. The molecule has 0 bridgehead atoms. The molecule has 0 radical (unpaired) electrons. The number of aromatic hydroxyl groups is 1. The Bertz CT molecular complexity index is 638. The number of phenolic OH excluding ortho intramolecular Hbond substituents is 1. The lowest BCUT2D eigenvalue weighted by Crippen LogP contribution is -2.08. The standard InChI is InChI=1S/C14H10Cl2N2O/c15-10-2-1-3-11(7-10)18-13(8-17)9-4-5-14(19)12(16)6-9/h1-7,13,18-19H. The van der Waals surface area contributed by atoms with Crippen LogP contribution in [0.5, 0.6) is 5.75 Å². The van der Waals surface area contributed by atoms with E-state index in [2.05, 4.69) is 11.4 Å².